The predicted octanol–water partition coefficient (Wildman–Crippen LogP) is 1.32. The molecule has 0 aromatic heterocycles. The van der Waals surface area contributed by atoms with Crippen molar-refractivity contribution in [3.05, 3.63) is 0 Å². The van der Waals surface area contributed by atoms with Crippen LogP contribution < -0.4 is 10.6 Å². The Balaban J connectivity index is 0.00000289. The minimum absolute atomic E-state index is 0. The summed E-state index contributed by atoms with van der Waals surface area (Å²) in [6.07, 6.45) is 1.44. The number of aliphatic hydroxyl groups excluding tert-OH is 1. The van der Waals surface area contributed by atoms with Crippen LogP contribution >= 0.6 is 12.4 Å². The summed E-state index contributed by atoms with van der Waals surface area (Å²) in [5.74, 6) is 0.0491. The van der Waals surface area contributed by atoms with Gasteiger partial charge in [0.1, 0.15) is 0 Å². The van der Waals surface area contributed by atoms with Crippen molar-refractivity contribution in [3.63, 3.8) is 0 Å². The van der Waals surface area contributed by atoms with Crippen LogP contribution in [0.2, 0.25) is 0 Å². The van der Waals surface area contributed by atoms with Crippen molar-refractivity contribution in [1.82, 2.24) is 10.6 Å². The molecule has 1 rings (SSSR count). The van der Waals surface area contributed by atoms with Crippen LogP contribution in [-0.4, -0.2) is 36.8 Å². The van der Waals surface area contributed by atoms with Crippen molar-refractivity contribution in [2.24, 2.45) is 10.8 Å². The quantitative estimate of drug-likeness (QED) is 0.730. The van der Waals surface area contributed by atoms with Gasteiger partial charge < -0.3 is 15.7 Å². The number of piperidine rings is 1. The second kappa shape index (κ2) is 6.73. The maximum Gasteiger partial charge on any atom is 0.227 e. The summed E-state index contributed by atoms with van der Waals surface area (Å²) in [5, 5.41) is 16.0. The number of amides is 1. The summed E-state index contributed by atoms with van der Waals surface area (Å²) in [6, 6.07) is 0. The third kappa shape index (κ3) is 4.75. The fourth-order valence-electron chi connectivity index (χ4n) is 1.96. The Labute approximate surface area is 116 Å². The Kier molecular flexibility index (Phi) is 6.61. The zero-order valence-electron chi connectivity index (χ0n) is 11.9. The Morgan fingerprint density at radius 3 is 2.56 bits per heavy atom. The number of hydrogen-bond acceptors (Lipinski definition) is 3. The second-order valence-corrected chi connectivity index (χ2v) is 6.43. The minimum atomic E-state index is -0.508. The van der Waals surface area contributed by atoms with Gasteiger partial charge in [0.25, 0.3) is 0 Å². The number of carbonyl (C=O) groups is 1. The molecule has 2 atom stereocenters. The molecular formula is C13H27ClN2O2. The van der Waals surface area contributed by atoms with E-state index in [0.717, 1.165) is 25.9 Å². The van der Waals surface area contributed by atoms with E-state index in [4.69, 9.17) is 0 Å². The van der Waals surface area contributed by atoms with Crippen LogP contribution in [0.3, 0.4) is 0 Å². The van der Waals surface area contributed by atoms with Crippen molar-refractivity contribution in [2.45, 2.75) is 46.6 Å². The Morgan fingerprint density at radius 1 is 1.50 bits per heavy atom. The van der Waals surface area contributed by atoms with Gasteiger partial charge in [-0.3, -0.25) is 4.79 Å². The van der Waals surface area contributed by atoms with Gasteiger partial charge in [0.2, 0.25) is 5.91 Å². The number of aliphatic hydroxyl groups is 1. The highest BCUT2D eigenvalue weighted by atomic mass is 35.5. The molecule has 1 aliphatic rings. The molecule has 1 fully saturated rings. The lowest BCUT2D eigenvalue weighted by atomic mass is 9.81. The molecule has 4 nitrogen and oxygen atoms in total. The van der Waals surface area contributed by atoms with Crippen LogP contribution in [0.1, 0.15) is 40.5 Å². The molecule has 5 heteroatoms. The van der Waals surface area contributed by atoms with Crippen LogP contribution in [0.15, 0.2) is 0 Å². The lowest BCUT2D eigenvalue weighted by Crippen LogP contribution is -2.51. The van der Waals surface area contributed by atoms with Gasteiger partial charge >= 0.3 is 0 Å². The first-order chi connectivity index (χ1) is 7.76. The van der Waals surface area contributed by atoms with Gasteiger partial charge in [-0.05, 0) is 31.7 Å². The third-order valence-electron chi connectivity index (χ3n) is 3.60. The lowest BCUT2D eigenvalue weighted by Gasteiger charge is -2.34. The highest BCUT2D eigenvalue weighted by Crippen LogP contribution is 2.25. The molecule has 1 heterocycles. The lowest BCUT2D eigenvalue weighted by molar-refractivity contribution is -0.131. The number of rotatable bonds is 3. The first-order valence-corrected chi connectivity index (χ1v) is 6.43. The minimum Gasteiger partial charge on any atom is -0.391 e. The normalized spacial score (nSPS) is 26.1. The van der Waals surface area contributed by atoms with E-state index < -0.39 is 6.10 Å². The standard InChI is InChI=1S/C13H26N2O2.ClH/c1-12(2,3)10(16)8-15-11(17)13(4)6-5-7-14-9-13;/h10,14,16H,5-9H2,1-4H3,(H,15,17);1H. The zero-order valence-corrected chi connectivity index (χ0v) is 12.7. The van der Waals surface area contributed by atoms with E-state index in [9.17, 15) is 9.90 Å². The summed E-state index contributed by atoms with van der Waals surface area (Å²) in [7, 11) is 0. The van der Waals surface area contributed by atoms with E-state index >= 15 is 0 Å². The summed E-state index contributed by atoms with van der Waals surface area (Å²) in [5.41, 5.74) is -0.519. The van der Waals surface area contributed by atoms with Crippen molar-refractivity contribution in [2.75, 3.05) is 19.6 Å². The largest absolute Gasteiger partial charge is 0.391 e. The second-order valence-electron chi connectivity index (χ2n) is 6.43. The summed E-state index contributed by atoms with van der Waals surface area (Å²) >= 11 is 0. The predicted molar refractivity (Wildman–Crippen MR) is 75.9 cm³/mol. The smallest absolute Gasteiger partial charge is 0.227 e. The van der Waals surface area contributed by atoms with Gasteiger partial charge in [-0.2, -0.15) is 0 Å². The molecule has 0 aromatic rings. The topological polar surface area (TPSA) is 61.4 Å². The van der Waals surface area contributed by atoms with Gasteiger partial charge in [-0.25, -0.2) is 0 Å². The molecular weight excluding hydrogens is 252 g/mol. The van der Waals surface area contributed by atoms with Gasteiger partial charge in [-0.1, -0.05) is 20.8 Å². The van der Waals surface area contributed by atoms with Crippen LogP contribution in [0.4, 0.5) is 0 Å². The molecule has 0 radical (unpaired) electrons. The van der Waals surface area contributed by atoms with Crippen LogP contribution in [-0.2, 0) is 4.79 Å². The third-order valence-corrected chi connectivity index (χ3v) is 3.60. The van der Waals surface area contributed by atoms with Crippen molar-refractivity contribution < 1.29 is 9.90 Å². The van der Waals surface area contributed by atoms with E-state index in [1.807, 2.05) is 27.7 Å². The SMILES string of the molecule is CC1(C(=O)NCC(O)C(C)(C)C)CCCNC1.Cl. The summed E-state index contributed by atoms with van der Waals surface area (Å²) < 4.78 is 0. The average molecular weight is 279 g/mol. The highest BCUT2D eigenvalue weighted by Gasteiger charge is 2.35. The summed E-state index contributed by atoms with van der Waals surface area (Å²) in [6.45, 7) is 9.93. The van der Waals surface area contributed by atoms with Crippen molar-refractivity contribution >= 4 is 18.3 Å². The molecule has 2 unspecified atom stereocenters. The molecule has 0 aliphatic carbocycles. The van der Waals surface area contributed by atoms with Gasteiger partial charge in [0, 0.05) is 13.1 Å². The molecule has 18 heavy (non-hydrogen) atoms. The van der Waals surface area contributed by atoms with E-state index in [1.54, 1.807) is 0 Å². The molecule has 1 aliphatic heterocycles. The maximum atomic E-state index is 12.1. The molecule has 1 amide bonds. The monoisotopic (exact) mass is 278 g/mol. The van der Waals surface area contributed by atoms with Crippen LogP contribution in [0.5, 0.6) is 0 Å². The molecule has 0 saturated carbocycles. The molecule has 3 N–H and O–H groups in total. The molecule has 0 spiro atoms. The van der Waals surface area contributed by atoms with E-state index in [0.29, 0.717) is 6.54 Å². The fourth-order valence-corrected chi connectivity index (χ4v) is 1.96. The number of nitrogens with one attached hydrogen (secondary N) is 2. The number of carbonyl (C=O) groups excluding carboxylic acids is 1. The Bertz CT molecular complexity index is 271. The molecule has 108 valence electrons. The summed E-state index contributed by atoms with van der Waals surface area (Å²) in [4.78, 5) is 12.1. The zero-order chi connectivity index (χ0) is 13.1. The van der Waals surface area contributed by atoms with Crippen LogP contribution in [0, 0.1) is 10.8 Å². The molecule has 1 saturated heterocycles. The highest BCUT2D eigenvalue weighted by molar-refractivity contribution is 5.85. The van der Waals surface area contributed by atoms with E-state index in [2.05, 4.69) is 10.6 Å². The van der Waals surface area contributed by atoms with Gasteiger partial charge in [-0.15, -0.1) is 12.4 Å². The van der Waals surface area contributed by atoms with Crippen molar-refractivity contribution in [1.29, 1.82) is 0 Å². The van der Waals surface area contributed by atoms with Crippen LogP contribution in [0.25, 0.3) is 0 Å². The van der Waals surface area contributed by atoms with E-state index in [1.165, 1.54) is 0 Å². The van der Waals surface area contributed by atoms with Gasteiger partial charge in [0.15, 0.2) is 0 Å². The van der Waals surface area contributed by atoms with E-state index in [-0.39, 0.29) is 29.1 Å². The maximum absolute atomic E-state index is 12.1. The molecule has 0 aromatic carbocycles. The Morgan fingerprint density at radius 2 is 2.11 bits per heavy atom. The fraction of sp³-hybridized carbons (Fsp3) is 0.923. The van der Waals surface area contributed by atoms with Gasteiger partial charge in [0.05, 0.1) is 11.5 Å². The first kappa shape index (κ1) is 17.7. The first-order valence-electron chi connectivity index (χ1n) is 6.43. The number of halogens is 1. The Hall–Kier alpha value is -0.320. The van der Waals surface area contributed by atoms with Crippen molar-refractivity contribution in [3.8, 4) is 0 Å². The number of hydrogen-bond donors (Lipinski definition) is 3. The average Bonchev–Trinajstić information content (AvgIpc) is 2.25. The molecule has 0 bridgehead atoms.